The standard InChI is InChI=1S/C23H26N4O3/c1-3-24-23(25-11-10-17-6-9-19-20(12-17)29-15-28-19)27-14-22-26-13-21(30-22)18-7-4-16(2)5-8-18/h4-9,12-13H,3,10-11,14-15H2,1-2H3,(H2,24,25,27). The summed E-state index contributed by atoms with van der Waals surface area (Å²) in [6, 6.07) is 14.2. The maximum Gasteiger partial charge on any atom is 0.231 e. The van der Waals surface area contributed by atoms with Gasteiger partial charge in [-0.3, -0.25) is 0 Å². The number of nitrogens with zero attached hydrogens (tertiary/aromatic N) is 2. The lowest BCUT2D eigenvalue weighted by molar-refractivity contribution is 0.174. The van der Waals surface area contributed by atoms with Crippen LogP contribution in [0.2, 0.25) is 0 Å². The predicted octanol–water partition coefficient (Wildman–Crippen LogP) is 3.68. The van der Waals surface area contributed by atoms with Crippen LogP contribution in [0.25, 0.3) is 11.3 Å². The van der Waals surface area contributed by atoms with Crippen molar-refractivity contribution < 1.29 is 13.9 Å². The van der Waals surface area contributed by atoms with Crippen molar-refractivity contribution >= 4 is 5.96 Å². The van der Waals surface area contributed by atoms with E-state index in [0.29, 0.717) is 19.2 Å². The average Bonchev–Trinajstić information content (AvgIpc) is 3.42. The first-order valence-electron chi connectivity index (χ1n) is 10.1. The summed E-state index contributed by atoms with van der Waals surface area (Å²) in [6.45, 7) is 6.27. The number of ether oxygens (including phenoxy) is 2. The molecule has 30 heavy (non-hydrogen) atoms. The van der Waals surface area contributed by atoms with Crippen LogP contribution >= 0.6 is 0 Å². The number of rotatable bonds is 7. The molecule has 1 aliphatic heterocycles. The molecule has 0 bridgehead atoms. The quantitative estimate of drug-likeness (QED) is 0.460. The Bertz CT molecular complexity index is 1010. The monoisotopic (exact) mass is 406 g/mol. The van der Waals surface area contributed by atoms with Crippen LogP contribution in [0.15, 0.2) is 58.1 Å². The van der Waals surface area contributed by atoms with Crippen LogP contribution < -0.4 is 20.1 Å². The molecule has 0 amide bonds. The third-order valence-corrected chi connectivity index (χ3v) is 4.75. The van der Waals surface area contributed by atoms with Crippen molar-refractivity contribution in [2.24, 2.45) is 4.99 Å². The summed E-state index contributed by atoms with van der Waals surface area (Å²) >= 11 is 0. The first-order chi connectivity index (χ1) is 14.7. The maximum atomic E-state index is 5.86. The highest BCUT2D eigenvalue weighted by molar-refractivity contribution is 5.79. The zero-order chi connectivity index (χ0) is 20.8. The van der Waals surface area contributed by atoms with E-state index in [0.717, 1.165) is 48.3 Å². The summed E-state index contributed by atoms with van der Waals surface area (Å²) in [7, 11) is 0. The number of hydrogen-bond acceptors (Lipinski definition) is 5. The zero-order valence-electron chi connectivity index (χ0n) is 17.3. The minimum atomic E-state index is 0.292. The summed E-state index contributed by atoms with van der Waals surface area (Å²) in [6.07, 6.45) is 2.59. The number of benzene rings is 2. The van der Waals surface area contributed by atoms with Gasteiger partial charge in [-0.05, 0) is 38.0 Å². The topological polar surface area (TPSA) is 80.9 Å². The molecule has 0 fully saturated rings. The molecule has 7 heteroatoms. The molecule has 2 aromatic carbocycles. The van der Waals surface area contributed by atoms with E-state index in [2.05, 4.69) is 45.7 Å². The van der Waals surface area contributed by atoms with E-state index in [1.165, 1.54) is 11.1 Å². The molecule has 1 aromatic heterocycles. The van der Waals surface area contributed by atoms with Crippen LogP contribution in [0.4, 0.5) is 0 Å². The van der Waals surface area contributed by atoms with Gasteiger partial charge in [0, 0.05) is 18.7 Å². The van der Waals surface area contributed by atoms with Gasteiger partial charge in [-0.1, -0.05) is 35.9 Å². The molecule has 0 spiro atoms. The summed E-state index contributed by atoms with van der Waals surface area (Å²) < 4.78 is 16.6. The molecule has 7 nitrogen and oxygen atoms in total. The Hall–Kier alpha value is -3.48. The number of aliphatic imine (C=N–C) groups is 1. The molecule has 0 aliphatic carbocycles. The Morgan fingerprint density at radius 3 is 2.73 bits per heavy atom. The number of aryl methyl sites for hydroxylation is 1. The fourth-order valence-electron chi connectivity index (χ4n) is 3.14. The Morgan fingerprint density at radius 1 is 1.07 bits per heavy atom. The number of oxazole rings is 1. The van der Waals surface area contributed by atoms with Crippen molar-refractivity contribution in [2.45, 2.75) is 26.8 Å². The smallest absolute Gasteiger partial charge is 0.231 e. The molecule has 0 saturated carbocycles. The van der Waals surface area contributed by atoms with Crippen LogP contribution in [0.5, 0.6) is 11.5 Å². The van der Waals surface area contributed by atoms with Crippen LogP contribution in [0, 0.1) is 6.92 Å². The van der Waals surface area contributed by atoms with E-state index in [9.17, 15) is 0 Å². The highest BCUT2D eigenvalue weighted by atomic mass is 16.7. The number of guanidine groups is 1. The summed E-state index contributed by atoms with van der Waals surface area (Å²) in [4.78, 5) is 8.94. The molecular weight excluding hydrogens is 380 g/mol. The third-order valence-electron chi connectivity index (χ3n) is 4.75. The van der Waals surface area contributed by atoms with Gasteiger partial charge in [-0.25, -0.2) is 9.98 Å². The highest BCUT2D eigenvalue weighted by Crippen LogP contribution is 2.32. The van der Waals surface area contributed by atoms with E-state index in [1.54, 1.807) is 6.20 Å². The third kappa shape index (κ3) is 4.92. The molecule has 2 heterocycles. The van der Waals surface area contributed by atoms with Crippen LogP contribution in [0.3, 0.4) is 0 Å². The Balaban J connectivity index is 1.33. The Morgan fingerprint density at radius 2 is 1.90 bits per heavy atom. The zero-order valence-corrected chi connectivity index (χ0v) is 17.3. The first-order valence-corrected chi connectivity index (χ1v) is 10.1. The van der Waals surface area contributed by atoms with Crippen LogP contribution in [-0.2, 0) is 13.0 Å². The average molecular weight is 406 g/mol. The van der Waals surface area contributed by atoms with Crippen molar-refractivity contribution in [3.05, 3.63) is 65.7 Å². The van der Waals surface area contributed by atoms with Gasteiger partial charge in [-0.15, -0.1) is 0 Å². The van der Waals surface area contributed by atoms with Gasteiger partial charge < -0.3 is 24.5 Å². The molecule has 4 rings (SSSR count). The van der Waals surface area contributed by atoms with E-state index in [1.807, 2.05) is 31.2 Å². The fourth-order valence-corrected chi connectivity index (χ4v) is 3.14. The fraction of sp³-hybridized carbons (Fsp3) is 0.304. The Labute approximate surface area is 176 Å². The molecule has 0 atom stereocenters. The van der Waals surface area contributed by atoms with Crippen molar-refractivity contribution in [1.29, 1.82) is 0 Å². The number of nitrogens with one attached hydrogen (secondary N) is 2. The normalized spacial score (nSPS) is 12.8. The minimum absolute atomic E-state index is 0.292. The van der Waals surface area contributed by atoms with Gasteiger partial charge in [0.15, 0.2) is 23.2 Å². The molecule has 0 radical (unpaired) electrons. The second-order valence-electron chi connectivity index (χ2n) is 7.04. The van der Waals surface area contributed by atoms with Crippen LogP contribution in [0.1, 0.15) is 23.9 Å². The SMILES string of the molecule is CCNC(=NCc1ncc(-c2ccc(C)cc2)o1)NCCc1ccc2c(c1)OCO2. The van der Waals surface area contributed by atoms with E-state index in [-0.39, 0.29) is 0 Å². The number of aromatic nitrogens is 1. The molecule has 1 aliphatic rings. The predicted molar refractivity (Wildman–Crippen MR) is 116 cm³/mol. The second kappa shape index (κ2) is 9.35. The summed E-state index contributed by atoms with van der Waals surface area (Å²) in [5.41, 5.74) is 3.40. The Kier molecular flexibility index (Phi) is 6.17. The lowest BCUT2D eigenvalue weighted by Crippen LogP contribution is -2.38. The second-order valence-corrected chi connectivity index (χ2v) is 7.04. The van der Waals surface area contributed by atoms with Gasteiger partial charge in [0.1, 0.15) is 6.54 Å². The molecule has 3 aromatic rings. The molecule has 156 valence electrons. The highest BCUT2D eigenvalue weighted by Gasteiger charge is 2.13. The van der Waals surface area contributed by atoms with Gasteiger partial charge >= 0.3 is 0 Å². The van der Waals surface area contributed by atoms with Crippen molar-refractivity contribution in [2.75, 3.05) is 19.9 Å². The summed E-state index contributed by atoms with van der Waals surface area (Å²) in [5.74, 6) is 3.67. The van der Waals surface area contributed by atoms with Gasteiger partial charge in [0.2, 0.25) is 12.7 Å². The van der Waals surface area contributed by atoms with Crippen molar-refractivity contribution in [3.8, 4) is 22.8 Å². The van der Waals surface area contributed by atoms with E-state index >= 15 is 0 Å². The number of fused-ring (bicyclic) bond motifs is 1. The lowest BCUT2D eigenvalue weighted by Gasteiger charge is -2.11. The minimum Gasteiger partial charge on any atom is -0.454 e. The van der Waals surface area contributed by atoms with E-state index < -0.39 is 0 Å². The molecule has 2 N–H and O–H groups in total. The van der Waals surface area contributed by atoms with Crippen LogP contribution in [-0.4, -0.2) is 30.8 Å². The maximum absolute atomic E-state index is 5.86. The molecule has 0 saturated heterocycles. The van der Waals surface area contributed by atoms with Crippen molar-refractivity contribution in [1.82, 2.24) is 15.6 Å². The van der Waals surface area contributed by atoms with E-state index in [4.69, 9.17) is 13.9 Å². The molecular formula is C23H26N4O3. The molecule has 0 unspecified atom stereocenters. The number of hydrogen-bond donors (Lipinski definition) is 2. The lowest BCUT2D eigenvalue weighted by atomic mass is 10.1. The van der Waals surface area contributed by atoms with Gasteiger partial charge in [0.25, 0.3) is 0 Å². The van der Waals surface area contributed by atoms with Gasteiger partial charge in [-0.2, -0.15) is 0 Å². The summed E-state index contributed by atoms with van der Waals surface area (Å²) in [5, 5.41) is 6.60. The first kappa shape index (κ1) is 19.8. The van der Waals surface area contributed by atoms with Crippen molar-refractivity contribution in [3.63, 3.8) is 0 Å². The van der Waals surface area contributed by atoms with Gasteiger partial charge in [0.05, 0.1) is 6.20 Å². The largest absolute Gasteiger partial charge is 0.454 e.